The molecule has 0 N–H and O–H groups in total. The first-order valence-corrected chi connectivity index (χ1v) is 7.97. The van der Waals surface area contributed by atoms with Crippen LogP contribution >= 0.6 is 0 Å². The van der Waals surface area contributed by atoms with Crippen LogP contribution in [0.15, 0.2) is 18.2 Å². The summed E-state index contributed by atoms with van der Waals surface area (Å²) in [4.78, 5) is 28.4. The van der Waals surface area contributed by atoms with Crippen LogP contribution < -0.4 is 4.90 Å². The molecule has 112 valence electrons. The van der Waals surface area contributed by atoms with Crippen molar-refractivity contribution in [1.82, 2.24) is 4.90 Å². The van der Waals surface area contributed by atoms with E-state index in [1.165, 1.54) is 24.2 Å². The van der Waals surface area contributed by atoms with Gasteiger partial charge in [0.15, 0.2) is 0 Å². The zero-order valence-corrected chi connectivity index (χ0v) is 12.6. The summed E-state index contributed by atoms with van der Waals surface area (Å²) in [5.41, 5.74) is 2.22. The molecule has 1 aromatic rings. The predicted octanol–water partition coefficient (Wildman–Crippen LogP) is 3.07. The SMILES string of the molecule is CCCCN1C(=O)c2ccc(N3CCCCC3)cc2C1=O. The number of imide groups is 1. The molecular formula is C17H22N2O2. The van der Waals surface area contributed by atoms with Crippen molar-refractivity contribution in [3.8, 4) is 0 Å². The Morgan fingerprint density at radius 2 is 1.71 bits per heavy atom. The second-order valence-corrected chi connectivity index (χ2v) is 5.89. The van der Waals surface area contributed by atoms with Gasteiger partial charge in [0, 0.05) is 25.3 Å². The average molecular weight is 286 g/mol. The van der Waals surface area contributed by atoms with Gasteiger partial charge in [-0.25, -0.2) is 0 Å². The van der Waals surface area contributed by atoms with E-state index in [9.17, 15) is 9.59 Å². The average Bonchev–Trinajstić information content (AvgIpc) is 2.77. The van der Waals surface area contributed by atoms with Gasteiger partial charge >= 0.3 is 0 Å². The van der Waals surface area contributed by atoms with E-state index in [0.29, 0.717) is 17.7 Å². The van der Waals surface area contributed by atoms with Gasteiger partial charge in [0.2, 0.25) is 0 Å². The zero-order valence-electron chi connectivity index (χ0n) is 12.6. The maximum atomic E-state index is 12.4. The number of nitrogens with zero attached hydrogens (tertiary/aromatic N) is 2. The normalized spacial score (nSPS) is 18.3. The fourth-order valence-corrected chi connectivity index (χ4v) is 3.15. The second kappa shape index (κ2) is 5.88. The van der Waals surface area contributed by atoms with E-state index in [4.69, 9.17) is 0 Å². The molecule has 2 aliphatic heterocycles. The molecule has 1 fully saturated rings. The Labute approximate surface area is 125 Å². The molecule has 0 aliphatic carbocycles. The number of carbonyl (C=O) groups is 2. The number of piperidine rings is 1. The molecule has 0 atom stereocenters. The van der Waals surface area contributed by atoms with E-state index in [2.05, 4.69) is 11.8 Å². The maximum Gasteiger partial charge on any atom is 0.261 e. The van der Waals surface area contributed by atoms with Crippen LogP contribution in [-0.2, 0) is 0 Å². The molecule has 1 saturated heterocycles. The predicted molar refractivity (Wildman–Crippen MR) is 82.8 cm³/mol. The Hall–Kier alpha value is -1.84. The fraction of sp³-hybridized carbons (Fsp3) is 0.529. The number of carbonyl (C=O) groups excluding carboxylic acids is 2. The van der Waals surface area contributed by atoms with Gasteiger partial charge in [0.25, 0.3) is 11.8 Å². The molecular weight excluding hydrogens is 264 g/mol. The van der Waals surface area contributed by atoms with Gasteiger partial charge in [-0.1, -0.05) is 13.3 Å². The number of hydrogen-bond donors (Lipinski definition) is 0. The molecule has 3 rings (SSSR count). The third-order valence-electron chi connectivity index (χ3n) is 4.41. The molecule has 2 amide bonds. The summed E-state index contributed by atoms with van der Waals surface area (Å²) >= 11 is 0. The van der Waals surface area contributed by atoms with E-state index in [1.54, 1.807) is 0 Å². The number of hydrogen-bond acceptors (Lipinski definition) is 3. The first-order chi connectivity index (χ1) is 10.2. The topological polar surface area (TPSA) is 40.6 Å². The minimum Gasteiger partial charge on any atom is -0.372 e. The molecule has 4 nitrogen and oxygen atoms in total. The van der Waals surface area contributed by atoms with Crippen molar-refractivity contribution in [3.63, 3.8) is 0 Å². The maximum absolute atomic E-state index is 12.4. The van der Waals surface area contributed by atoms with Crippen molar-refractivity contribution >= 4 is 17.5 Å². The summed E-state index contributed by atoms with van der Waals surface area (Å²) in [6, 6.07) is 5.72. The van der Waals surface area contributed by atoms with Crippen LogP contribution in [0, 0.1) is 0 Å². The summed E-state index contributed by atoms with van der Waals surface area (Å²) < 4.78 is 0. The second-order valence-electron chi connectivity index (χ2n) is 5.89. The summed E-state index contributed by atoms with van der Waals surface area (Å²) in [5.74, 6) is -0.254. The number of fused-ring (bicyclic) bond motifs is 1. The quantitative estimate of drug-likeness (QED) is 0.799. The highest BCUT2D eigenvalue weighted by atomic mass is 16.2. The molecule has 0 bridgehead atoms. The summed E-state index contributed by atoms with van der Waals surface area (Å²) in [6.07, 6.45) is 5.53. The minimum atomic E-state index is -0.131. The molecule has 2 heterocycles. The number of rotatable bonds is 4. The van der Waals surface area contributed by atoms with E-state index in [-0.39, 0.29) is 11.8 Å². The molecule has 0 radical (unpaired) electrons. The van der Waals surface area contributed by atoms with Gasteiger partial charge < -0.3 is 4.90 Å². The van der Waals surface area contributed by atoms with Crippen molar-refractivity contribution < 1.29 is 9.59 Å². The van der Waals surface area contributed by atoms with Gasteiger partial charge in [-0.2, -0.15) is 0 Å². The van der Waals surface area contributed by atoms with E-state index in [0.717, 1.165) is 31.6 Å². The third-order valence-corrected chi connectivity index (χ3v) is 4.41. The Balaban J connectivity index is 1.85. The lowest BCUT2D eigenvalue weighted by molar-refractivity contribution is 0.0652. The van der Waals surface area contributed by atoms with Gasteiger partial charge in [-0.3, -0.25) is 14.5 Å². The van der Waals surface area contributed by atoms with Crippen molar-refractivity contribution in [2.75, 3.05) is 24.5 Å². The van der Waals surface area contributed by atoms with Crippen LogP contribution in [-0.4, -0.2) is 36.3 Å². The molecule has 4 heteroatoms. The summed E-state index contributed by atoms with van der Waals surface area (Å²) in [6.45, 7) is 4.68. The van der Waals surface area contributed by atoms with Crippen LogP contribution in [0.3, 0.4) is 0 Å². The molecule has 0 aromatic heterocycles. The lowest BCUT2D eigenvalue weighted by atomic mass is 10.1. The largest absolute Gasteiger partial charge is 0.372 e. The van der Waals surface area contributed by atoms with Gasteiger partial charge in [0.05, 0.1) is 11.1 Å². The lowest BCUT2D eigenvalue weighted by Crippen LogP contribution is -2.30. The molecule has 1 aromatic carbocycles. The first-order valence-electron chi connectivity index (χ1n) is 7.97. The fourth-order valence-electron chi connectivity index (χ4n) is 3.15. The monoisotopic (exact) mass is 286 g/mol. The van der Waals surface area contributed by atoms with Crippen molar-refractivity contribution in [1.29, 1.82) is 0 Å². The Bertz CT molecular complexity index is 562. The minimum absolute atomic E-state index is 0.123. The van der Waals surface area contributed by atoms with E-state index >= 15 is 0 Å². The zero-order chi connectivity index (χ0) is 14.8. The summed E-state index contributed by atoms with van der Waals surface area (Å²) in [7, 11) is 0. The first kappa shape index (κ1) is 14.1. The van der Waals surface area contributed by atoms with E-state index in [1.807, 2.05) is 18.2 Å². The van der Waals surface area contributed by atoms with Gasteiger partial charge in [-0.15, -0.1) is 0 Å². The van der Waals surface area contributed by atoms with Crippen LogP contribution in [0.5, 0.6) is 0 Å². The standard InChI is InChI=1S/C17H22N2O2/c1-2-3-11-19-16(20)14-8-7-13(12-15(14)17(19)21)18-9-5-4-6-10-18/h7-8,12H,2-6,9-11H2,1H3. The Kier molecular flexibility index (Phi) is 3.95. The smallest absolute Gasteiger partial charge is 0.261 e. The van der Waals surface area contributed by atoms with Crippen LogP contribution in [0.4, 0.5) is 5.69 Å². The number of amides is 2. The lowest BCUT2D eigenvalue weighted by Gasteiger charge is -2.29. The van der Waals surface area contributed by atoms with Crippen molar-refractivity contribution in [3.05, 3.63) is 29.3 Å². The number of benzene rings is 1. The number of unbranched alkanes of at least 4 members (excludes halogenated alkanes) is 1. The molecule has 0 saturated carbocycles. The Morgan fingerprint density at radius 3 is 2.43 bits per heavy atom. The van der Waals surface area contributed by atoms with Crippen LogP contribution in [0.25, 0.3) is 0 Å². The molecule has 2 aliphatic rings. The molecule has 21 heavy (non-hydrogen) atoms. The van der Waals surface area contributed by atoms with Crippen LogP contribution in [0.1, 0.15) is 59.7 Å². The number of anilines is 1. The highest BCUT2D eigenvalue weighted by molar-refractivity contribution is 6.21. The molecule has 0 spiro atoms. The van der Waals surface area contributed by atoms with Crippen molar-refractivity contribution in [2.45, 2.75) is 39.0 Å². The molecule has 0 unspecified atom stereocenters. The highest BCUT2D eigenvalue weighted by Crippen LogP contribution is 2.29. The van der Waals surface area contributed by atoms with Crippen molar-refractivity contribution in [2.24, 2.45) is 0 Å². The van der Waals surface area contributed by atoms with Crippen LogP contribution in [0.2, 0.25) is 0 Å². The Morgan fingerprint density at radius 1 is 1.00 bits per heavy atom. The third kappa shape index (κ3) is 2.55. The van der Waals surface area contributed by atoms with E-state index < -0.39 is 0 Å². The highest BCUT2D eigenvalue weighted by Gasteiger charge is 2.35. The summed E-state index contributed by atoms with van der Waals surface area (Å²) in [5, 5.41) is 0. The van der Waals surface area contributed by atoms with Gasteiger partial charge in [-0.05, 0) is 43.9 Å². The van der Waals surface area contributed by atoms with Gasteiger partial charge in [0.1, 0.15) is 0 Å².